The van der Waals surface area contributed by atoms with Crippen molar-refractivity contribution >= 4 is 17.9 Å². The first-order valence-electron chi connectivity index (χ1n) is 6.49. The summed E-state index contributed by atoms with van der Waals surface area (Å²) in [5.74, 6) is -1.99. The number of hydrogen-bond acceptors (Lipinski definition) is 9. The van der Waals surface area contributed by atoms with Crippen molar-refractivity contribution in [1.29, 1.82) is 0 Å². The minimum Gasteiger partial charge on any atom is -0.467 e. The number of carbonyl (C=O) groups is 3. The quantitative estimate of drug-likeness (QED) is 0.485. The molecule has 1 saturated heterocycles. The van der Waals surface area contributed by atoms with E-state index in [-0.39, 0.29) is 0 Å². The van der Waals surface area contributed by atoms with E-state index in [9.17, 15) is 14.4 Å². The van der Waals surface area contributed by atoms with Crippen molar-refractivity contribution in [3.8, 4) is 0 Å². The molecule has 0 amide bonds. The van der Waals surface area contributed by atoms with Gasteiger partial charge in [0.05, 0.1) is 7.11 Å². The zero-order valence-electron chi connectivity index (χ0n) is 13.1. The van der Waals surface area contributed by atoms with Gasteiger partial charge in [-0.1, -0.05) is 0 Å². The van der Waals surface area contributed by atoms with Crippen molar-refractivity contribution in [3.05, 3.63) is 0 Å². The van der Waals surface area contributed by atoms with Gasteiger partial charge in [-0.25, -0.2) is 4.79 Å². The van der Waals surface area contributed by atoms with E-state index in [1.54, 1.807) is 0 Å². The molecule has 0 spiro atoms. The summed E-state index contributed by atoms with van der Waals surface area (Å²) >= 11 is 0. The van der Waals surface area contributed by atoms with Crippen LogP contribution in [0.15, 0.2) is 0 Å². The van der Waals surface area contributed by atoms with Crippen molar-refractivity contribution in [1.82, 2.24) is 0 Å². The number of rotatable bonds is 5. The topological polar surface area (TPSA) is 107 Å². The standard InChI is InChI=1S/C13H20O9/c1-6(14)20-9-8(17-3)10(12(16)18-4)22-13(19-5)11(9)21-7(2)15/h8-11,13H,1-5H3/t8-,9-,10-,11-,13-/m0/s1. The Morgan fingerprint density at radius 3 is 1.77 bits per heavy atom. The van der Waals surface area contributed by atoms with Gasteiger partial charge in [0.25, 0.3) is 0 Å². The SMILES string of the molecule is COC(=O)[C@H]1O[C@H](OC)[C@@H](OC(C)=O)[C@@H](OC(C)=O)[C@@H]1OC. The van der Waals surface area contributed by atoms with Crippen molar-refractivity contribution in [3.63, 3.8) is 0 Å². The number of ether oxygens (including phenoxy) is 6. The van der Waals surface area contributed by atoms with Gasteiger partial charge in [-0.15, -0.1) is 0 Å². The summed E-state index contributed by atoms with van der Waals surface area (Å²) in [5.41, 5.74) is 0. The molecule has 1 heterocycles. The van der Waals surface area contributed by atoms with Gasteiger partial charge in [-0.3, -0.25) is 9.59 Å². The highest BCUT2D eigenvalue weighted by atomic mass is 16.7. The second kappa shape index (κ2) is 8.06. The van der Waals surface area contributed by atoms with Crippen LogP contribution >= 0.6 is 0 Å². The smallest absolute Gasteiger partial charge is 0.338 e. The van der Waals surface area contributed by atoms with Crippen LogP contribution in [0.25, 0.3) is 0 Å². The monoisotopic (exact) mass is 320 g/mol. The third kappa shape index (κ3) is 4.15. The molecule has 126 valence electrons. The van der Waals surface area contributed by atoms with Gasteiger partial charge in [0, 0.05) is 28.1 Å². The number of esters is 3. The molecule has 5 atom stereocenters. The molecule has 22 heavy (non-hydrogen) atoms. The van der Waals surface area contributed by atoms with Crippen LogP contribution < -0.4 is 0 Å². The van der Waals surface area contributed by atoms with E-state index >= 15 is 0 Å². The Kier molecular flexibility index (Phi) is 6.72. The van der Waals surface area contributed by atoms with Gasteiger partial charge in [0.1, 0.15) is 6.10 Å². The summed E-state index contributed by atoms with van der Waals surface area (Å²) in [4.78, 5) is 34.4. The van der Waals surface area contributed by atoms with Crippen LogP contribution in [-0.4, -0.2) is 69.9 Å². The summed E-state index contributed by atoms with van der Waals surface area (Å²) < 4.78 is 30.6. The van der Waals surface area contributed by atoms with Crippen molar-refractivity contribution < 1.29 is 42.8 Å². The lowest BCUT2D eigenvalue weighted by Crippen LogP contribution is -2.63. The Morgan fingerprint density at radius 1 is 0.818 bits per heavy atom. The number of carbonyl (C=O) groups excluding carboxylic acids is 3. The van der Waals surface area contributed by atoms with Crippen LogP contribution in [0.1, 0.15) is 13.8 Å². The minimum atomic E-state index is -1.20. The van der Waals surface area contributed by atoms with Crippen LogP contribution in [0.5, 0.6) is 0 Å². The molecule has 1 fully saturated rings. The maximum Gasteiger partial charge on any atom is 0.338 e. The van der Waals surface area contributed by atoms with Crippen molar-refractivity contribution in [2.24, 2.45) is 0 Å². The van der Waals surface area contributed by atoms with Gasteiger partial charge >= 0.3 is 17.9 Å². The molecule has 1 aliphatic heterocycles. The van der Waals surface area contributed by atoms with Gasteiger partial charge in [0.15, 0.2) is 24.6 Å². The van der Waals surface area contributed by atoms with Crippen LogP contribution in [0.4, 0.5) is 0 Å². The predicted octanol–water partition coefficient (Wildman–Crippen LogP) is -0.591. The van der Waals surface area contributed by atoms with Crippen molar-refractivity contribution in [2.45, 2.75) is 44.6 Å². The zero-order valence-corrected chi connectivity index (χ0v) is 13.1. The molecular formula is C13H20O9. The fourth-order valence-electron chi connectivity index (χ4n) is 2.21. The third-order valence-corrected chi connectivity index (χ3v) is 3.04. The molecule has 0 bridgehead atoms. The third-order valence-electron chi connectivity index (χ3n) is 3.04. The van der Waals surface area contributed by atoms with Gasteiger partial charge in [0.2, 0.25) is 0 Å². The summed E-state index contributed by atoms with van der Waals surface area (Å²) in [6.07, 6.45) is -5.52. The average Bonchev–Trinajstić information content (AvgIpc) is 2.46. The fourth-order valence-corrected chi connectivity index (χ4v) is 2.21. The lowest BCUT2D eigenvalue weighted by molar-refractivity contribution is -0.297. The highest BCUT2D eigenvalue weighted by Crippen LogP contribution is 2.29. The van der Waals surface area contributed by atoms with Gasteiger partial charge in [-0.2, -0.15) is 0 Å². The molecule has 0 N–H and O–H groups in total. The Bertz CT molecular complexity index is 422. The van der Waals surface area contributed by atoms with E-state index in [0.717, 1.165) is 0 Å². The van der Waals surface area contributed by atoms with Gasteiger partial charge in [-0.05, 0) is 0 Å². The molecular weight excluding hydrogens is 300 g/mol. The molecule has 0 aliphatic carbocycles. The van der Waals surface area contributed by atoms with E-state index in [0.29, 0.717) is 0 Å². The molecule has 0 unspecified atom stereocenters. The van der Waals surface area contributed by atoms with E-state index in [1.807, 2.05) is 0 Å². The maximum absolute atomic E-state index is 11.8. The summed E-state index contributed by atoms with van der Waals surface area (Å²) in [6.45, 7) is 2.37. The number of hydrogen-bond donors (Lipinski definition) is 0. The van der Waals surface area contributed by atoms with E-state index in [4.69, 9.17) is 23.7 Å². The second-order valence-corrected chi connectivity index (χ2v) is 4.53. The largest absolute Gasteiger partial charge is 0.467 e. The summed E-state index contributed by atoms with van der Waals surface area (Å²) in [5, 5.41) is 0. The molecule has 0 saturated carbocycles. The average molecular weight is 320 g/mol. The molecule has 0 aromatic carbocycles. The highest BCUT2D eigenvalue weighted by Gasteiger charge is 2.53. The molecule has 0 aromatic rings. The Hall–Kier alpha value is -1.71. The van der Waals surface area contributed by atoms with Gasteiger partial charge < -0.3 is 28.4 Å². The van der Waals surface area contributed by atoms with E-state index in [1.165, 1.54) is 35.2 Å². The zero-order chi connectivity index (χ0) is 16.9. The lowest BCUT2D eigenvalue weighted by atomic mass is 9.98. The Labute approximate surface area is 127 Å². The normalized spacial score (nSPS) is 31.2. The molecule has 1 aliphatic rings. The van der Waals surface area contributed by atoms with Crippen LogP contribution in [0.3, 0.4) is 0 Å². The second-order valence-electron chi connectivity index (χ2n) is 4.53. The first-order chi connectivity index (χ1) is 10.3. The first-order valence-corrected chi connectivity index (χ1v) is 6.49. The number of methoxy groups -OCH3 is 3. The molecule has 9 heteroatoms. The van der Waals surface area contributed by atoms with Crippen LogP contribution in [0, 0.1) is 0 Å². The lowest BCUT2D eigenvalue weighted by Gasteiger charge is -2.42. The summed E-state index contributed by atoms with van der Waals surface area (Å²) in [6, 6.07) is 0. The van der Waals surface area contributed by atoms with Crippen LogP contribution in [-0.2, 0) is 42.8 Å². The van der Waals surface area contributed by atoms with Crippen LogP contribution in [0.2, 0.25) is 0 Å². The Morgan fingerprint density at radius 2 is 1.36 bits per heavy atom. The van der Waals surface area contributed by atoms with E-state index < -0.39 is 48.6 Å². The minimum absolute atomic E-state index is 0.626. The molecule has 0 aromatic heterocycles. The molecule has 1 rings (SSSR count). The first kappa shape index (κ1) is 18.3. The molecule has 9 nitrogen and oxygen atoms in total. The predicted molar refractivity (Wildman–Crippen MR) is 69.6 cm³/mol. The highest BCUT2D eigenvalue weighted by molar-refractivity contribution is 5.76. The van der Waals surface area contributed by atoms with E-state index in [2.05, 4.69) is 4.74 Å². The Balaban J connectivity index is 3.16. The molecule has 0 radical (unpaired) electrons. The maximum atomic E-state index is 11.8. The van der Waals surface area contributed by atoms with Crippen molar-refractivity contribution in [2.75, 3.05) is 21.3 Å². The fraction of sp³-hybridized carbons (Fsp3) is 0.769. The summed E-state index contributed by atoms with van der Waals surface area (Å²) in [7, 11) is 3.78.